The van der Waals surface area contributed by atoms with E-state index >= 15 is 4.39 Å². The molecule has 4 amide bonds. The van der Waals surface area contributed by atoms with E-state index in [-0.39, 0.29) is 35.0 Å². The molecule has 1 fully saturated rings. The standard InChI is InChI=1S/C38H39F3N6O4S/c1-6-7-8-29(46(5)35(49)26-13-10-25(20-42)11-14-26)19-32(43-4)27-15-16-31(30(39)18-27)44-36(50)45-37-47(34(48)22-52-37)33-17-24(2)9-12-28(33)21-51-23-38(3,40)41/h9-19H,6-8,21-23H2,1-5H3,(H,44,50)/b29-19+,43-32?,45-37-. The minimum Gasteiger partial charge on any atom is -0.370 e. The SMILES string of the molecule is CCCC/C(=C\C(=NC)c1ccc(NC(=O)/N=C2\SCC(=O)N2c2cc(C)ccc2COCC(C)(F)F)c(F)c1)N(C)C(=O)c1ccc(C#N)cc1. The normalized spacial score (nSPS) is 14.5. The first-order valence-electron chi connectivity index (χ1n) is 16.4. The number of ether oxygens (including phenoxy) is 1. The molecular weight excluding hydrogens is 694 g/mol. The fraction of sp³-hybridized carbons (Fsp3) is 0.316. The van der Waals surface area contributed by atoms with Crippen molar-refractivity contribution in [3.8, 4) is 6.07 Å². The molecule has 1 saturated heterocycles. The molecule has 3 aromatic carbocycles. The van der Waals surface area contributed by atoms with Crippen LogP contribution in [0.4, 0.5) is 29.3 Å². The molecule has 0 aliphatic carbocycles. The quantitative estimate of drug-likeness (QED) is 0.177. The zero-order chi connectivity index (χ0) is 38.0. The lowest BCUT2D eigenvalue weighted by Gasteiger charge is -2.22. The van der Waals surface area contributed by atoms with Crippen LogP contribution in [-0.2, 0) is 16.1 Å². The third kappa shape index (κ3) is 10.4. The number of nitrogens with one attached hydrogen (secondary N) is 1. The van der Waals surface area contributed by atoms with Gasteiger partial charge >= 0.3 is 6.03 Å². The number of urea groups is 1. The van der Waals surface area contributed by atoms with Gasteiger partial charge in [0.25, 0.3) is 11.8 Å². The minimum absolute atomic E-state index is 0.0163. The van der Waals surface area contributed by atoms with Gasteiger partial charge in [0.05, 0.1) is 41.1 Å². The van der Waals surface area contributed by atoms with Gasteiger partial charge in [0.15, 0.2) is 5.17 Å². The van der Waals surface area contributed by atoms with Crippen LogP contribution in [0, 0.1) is 24.1 Å². The highest BCUT2D eigenvalue weighted by molar-refractivity contribution is 8.15. The number of carbonyl (C=O) groups excluding carboxylic acids is 3. The van der Waals surface area contributed by atoms with Crippen LogP contribution in [0.3, 0.4) is 0 Å². The molecule has 0 aromatic heterocycles. The fourth-order valence-electron chi connectivity index (χ4n) is 5.17. The smallest absolute Gasteiger partial charge is 0.347 e. The first-order chi connectivity index (χ1) is 24.7. The molecule has 0 bridgehead atoms. The Morgan fingerprint density at radius 1 is 1.13 bits per heavy atom. The first-order valence-corrected chi connectivity index (χ1v) is 17.4. The van der Waals surface area contributed by atoms with Crippen molar-refractivity contribution in [2.75, 3.05) is 36.7 Å². The Kier molecular flexibility index (Phi) is 13.5. The molecule has 3 aromatic rings. The summed E-state index contributed by atoms with van der Waals surface area (Å²) in [5.74, 6) is -4.47. The summed E-state index contributed by atoms with van der Waals surface area (Å²) in [7, 11) is 3.20. The monoisotopic (exact) mass is 732 g/mol. The third-order valence-corrected chi connectivity index (χ3v) is 8.81. The lowest BCUT2D eigenvalue weighted by Crippen LogP contribution is -2.31. The summed E-state index contributed by atoms with van der Waals surface area (Å²) in [6.45, 7) is 3.55. The molecule has 52 heavy (non-hydrogen) atoms. The zero-order valence-electron chi connectivity index (χ0n) is 29.5. The van der Waals surface area contributed by atoms with E-state index in [0.717, 1.165) is 37.1 Å². The van der Waals surface area contributed by atoms with Crippen molar-refractivity contribution in [2.45, 2.75) is 52.6 Å². The predicted molar refractivity (Wildman–Crippen MR) is 198 cm³/mol. The molecule has 0 atom stereocenters. The highest BCUT2D eigenvalue weighted by Crippen LogP contribution is 2.32. The molecule has 1 N–H and O–H groups in total. The number of anilines is 2. The summed E-state index contributed by atoms with van der Waals surface area (Å²) in [5, 5.41) is 11.6. The van der Waals surface area contributed by atoms with Crippen LogP contribution < -0.4 is 10.2 Å². The lowest BCUT2D eigenvalue weighted by molar-refractivity contribution is -0.115. The number of unbranched alkanes of at least 4 members (excludes halogenated alkanes) is 1. The van der Waals surface area contributed by atoms with E-state index in [1.165, 1.54) is 21.9 Å². The molecule has 1 aliphatic heterocycles. The summed E-state index contributed by atoms with van der Waals surface area (Å²) in [5.41, 5.74) is 3.72. The number of nitrogens with zero attached hydrogens (tertiary/aromatic N) is 5. The molecule has 10 nitrogen and oxygen atoms in total. The second-order valence-corrected chi connectivity index (χ2v) is 13.1. The Hall–Kier alpha value is -5.26. The molecule has 4 rings (SSSR count). The maximum Gasteiger partial charge on any atom is 0.347 e. The van der Waals surface area contributed by atoms with E-state index < -0.39 is 24.4 Å². The molecule has 0 spiro atoms. The molecule has 14 heteroatoms. The second-order valence-electron chi connectivity index (χ2n) is 12.1. The average Bonchev–Trinajstić information content (AvgIpc) is 3.47. The number of rotatable bonds is 13. The van der Waals surface area contributed by atoms with Crippen molar-refractivity contribution in [3.63, 3.8) is 0 Å². The summed E-state index contributed by atoms with van der Waals surface area (Å²) >= 11 is 1.01. The number of benzene rings is 3. The summed E-state index contributed by atoms with van der Waals surface area (Å²) in [6, 6.07) is 16.7. The number of nitriles is 1. The predicted octanol–water partition coefficient (Wildman–Crippen LogP) is 8.11. The van der Waals surface area contributed by atoms with Crippen LogP contribution in [0.15, 0.2) is 82.4 Å². The topological polar surface area (TPSA) is 127 Å². The first kappa shape index (κ1) is 39.5. The van der Waals surface area contributed by atoms with Gasteiger partial charge in [-0.25, -0.2) is 18.0 Å². The Morgan fingerprint density at radius 3 is 2.48 bits per heavy atom. The highest BCUT2D eigenvalue weighted by atomic mass is 32.2. The van der Waals surface area contributed by atoms with Crippen molar-refractivity contribution >= 4 is 51.9 Å². The van der Waals surface area contributed by atoms with Gasteiger partial charge in [-0.2, -0.15) is 10.3 Å². The van der Waals surface area contributed by atoms with E-state index in [9.17, 15) is 23.2 Å². The summed E-state index contributed by atoms with van der Waals surface area (Å²) in [4.78, 5) is 50.4. The van der Waals surface area contributed by atoms with E-state index in [1.54, 1.807) is 75.6 Å². The fourth-order valence-corrected chi connectivity index (χ4v) is 6.03. The number of aryl methyl sites for hydroxylation is 1. The van der Waals surface area contributed by atoms with Crippen LogP contribution in [0.25, 0.3) is 0 Å². The van der Waals surface area contributed by atoms with E-state index in [1.807, 2.05) is 13.0 Å². The number of thioether (sulfide) groups is 1. The van der Waals surface area contributed by atoms with Gasteiger partial charge in [-0.3, -0.25) is 19.5 Å². The highest BCUT2D eigenvalue weighted by Gasteiger charge is 2.32. The zero-order valence-corrected chi connectivity index (χ0v) is 30.3. The van der Waals surface area contributed by atoms with Crippen LogP contribution in [0.1, 0.15) is 65.7 Å². The van der Waals surface area contributed by atoms with E-state index in [2.05, 4.69) is 15.3 Å². The van der Waals surface area contributed by atoms with Crippen molar-refractivity contribution in [3.05, 3.63) is 106 Å². The maximum atomic E-state index is 15.5. The molecule has 1 heterocycles. The number of amidine groups is 1. The second kappa shape index (κ2) is 17.8. The number of carbonyl (C=O) groups is 3. The van der Waals surface area contributed by atoms with E-state index in [0.29, 0.717) is 45.8 Å². The van der Waals surface area contributed by atoms with E-state index in [4.69, 9.17) is 10.00 Å². The van der Waals surface area contributed by atoms with Crippen molar-refractivity contribution in [1.29, 1.82) is 5.26 Å². The van der Waals surface area contributed by atoms with Crippen molar-refractivity contribution in [2.24, 2.45) is 9.98 Å². The van der Waals surface area contributed by atoms with Crippen LogP contribution in [0.5, 0.6) is 0 Å². The van der Waals surface area contributed by atoms with Gasteiger partial charge in [0, 0.05) is 43.4 Å². The van der Waals surface area contributed by atoms with Gasteiger partial charge in [-0.1, -0.05) is 43.3 Å². The van der Waals surface area contributed by atoms with Gasteiger partial charge < -0.3 is 15.0 Å². The van der Waals surface area contributed by atoms with Crippen molar-refractivity contribution < 1.29 is 32.3 Å². The lowest BCUT2D eigenvalue weighted by atomic mass is 10.0. The maximum absolute atomic E-state index is 15.5. The van der Waals surface area contributed by atoms with Gasteiger partial charge in [0.1, 0.15) is 12.4 Å². The number of hydrogen-bond acceptors (Lipinski definition) is 7. The molecular formula is C38H39F3N6O4S. The largest absolute Gasteiger partial charge is 0.370 e. The van der Waals surface area contributed by atoms with Gasteiger partial charge in [-0.15, -0.1) is 0 Å². The summed E-state index contributed by atoms with van der Waals surface area (Å²) < 4.78 is 47.4. The van der Waals surface area contributed by atoms with Crippen molar-refractivity contribution in [1.82, 2.24) is 4.90 Å². The Bertz CT molecular complexity index is 1950. The number of hydrogen-bond donors (Lipinski definition) is 1. The number of alkyl halides is 2. The molecule has 1 aliphatic rings. The van der Waals surface area contributed by atoms with Crippen LogP contribution >= 0.6 is 11.8 Å². The number of halogens is 3. The third-order valence-electron chi connectivity index (χ3n) is 7.89. The summed E-state index contributed by atoms with van der Waals surface area (Å²) in [6.07, 6.45) is 3.92. The van der Waals surface area contributed by atoms with Crippen LogP contribution in [0.2, 0.25) is 0 Å². The Balaban J connectivity index is 1.54. The average molecular weight is 733 g/mol. The number of aliphatic imine (C=N–C) groups is 2. The van der Waals surface area contributed by atoms with Gasteiger partial charge in [0.2, 0.25) is 5.91 Å². The molecule has 272 valence electrons. The Labute approximate surface area is 305 Å². The minimum atomic E-state index is -3.04. The number of allylic oxidation sites excluding steroid dienone is 2. The Morgan fingerprint density at radius 2 is 1.85 bits per heavy atom. The number of amides is 4. The molecule has 0 unspecified atom stereocenters. The molecule has 0 saturated carbocycles. The molecule has 0 radical (unpaired) electrons. The van der Waals surface area contributed by atoms with Gasteiger partial charge in [-0.05, 0) is 73.9 Å². The van der Waals surface area contributed by atoms with Crippen LogP contribution in [-0.4, -0.2) is 66.0 Å².